The highest BCUT2D eigenvalue weighted by Crippen LogP contribution is 2.23. The number of rotatable bonds is 9. The molecule has 3 aromatic carbocycles. The van der Waals surface area contributed by atoms with Crippen molar-refractivity contribution in [2.24, 2.45) is 5.73 Å². The Balaban J connectivity index is 1.82. The molecule has 0 aliphatic carbocycles. The summed E-state index contributed by atoms with van der Waals surface area (Å²) in [7, 11) is 0. The lowest BCUT2D eigenvalue weighted by molar-refractivity contribution is 0.0735. The predicted molar refractivity (Wildman–Crippen MR) is 112 cm³/mol. The van der Waals surface area contributed by atoms with Crippen LogP contribution in [0.25, 0.3) is 0 Å². The van der Waals surface area contributed by atoms with Crippen molar-refractivity contribution in [3.63, 3.8) is 0 Å². The minimum absolute atomic E-state index is 0.0601. The van der Waals surface area contributed by atoms with Crippen molar-refractivity contribution in [2.45, 2.75) is 19.6 Å². The SMILES string of the molecule is NCCCN(Cc1cccc(F)c1F)C(=O)c1ccccc1OCc1ccccc1. The van der Waals surface area contributed by atoms with Crippen LogP contribution in [0.4, 0.5) is 8.78 Å². The van der Waals surface area contributed by atoms with Crippen LogP contribution in [0, 0.1) is 11.6 Å². The third-order valence-electron chi connectivity index (χ3n) is 4.67. The van der Waals surface area contributed by atoms with E-state index in [2.05, 4.69) is 0 Å². The Kier molecular flexibility index (Phi) is 7.51. The largest absolute Gasteiger partial charge is 0.488 e. The average Bonchev–Trinajstić information content (AvgIpc) is 2.78. The van der Waals surface area contributed by atoms with Gasteiger partial charge in [0.05, 0.1) is 5.56 Å². The Morgan fingerprint density at radius 1 is 0.933 bits per heavy atom. The van der Waals surface area contributed by atoms with Crippen LogP contribution in [0.1, 0.15) is 27.9 Å². The molecule has 3 rings (SSSR count). The zero-order valence-electron chi connectivity index (χ0n) is 16.6. The molecule has 0 spiro atoms. The van der Waals surface area contributed by atoms with E-state index in [1.54, 1.807) is 24.3 Å². The van der Waals surface area contributed by atoms with Crippen molar-refractivity contribution in [3.8, 4) is 5.75 Å². The molecule has 0 radical (unpaired) electrons. The first-order chi connectivity index (χ1) is 14.6. The van der Waals surface area contributed by atoms with E-state index in [-0.39, 0.29) is 18.0 Å². The molecule has 0 unspecified atom stereocenters. The van der Waals surface area contributed by atoms with Crippen LogP contribution in [0.3, 0.4) is 0 Å². The van der Waals surface area contributed by atoms with E-state index >= 15 is 0 Å². The molecule has 0 aromatic heterocycles. The van der Waals surface area contributed by atoms with E-state index in [0.29, 0.717) is 37.4 Å². The van der Waals surface area contributed by atoms with E-state index in [4.69, 9.17) is 10.5 Å². The van der Waals surface area contributed by atoms with Gasteiger partial charge in [0.1, 0.15) is 12.4 Å². The lowest BCUT2D eigenvalue weighted by Crippen LogP contribution is -2.33. The Hall–Kier alpha value is -3.25. The fraction of sp³-hybridized carbons (Fsp3) is 0.208. The fourth-order valence-corrected chi connectivity index (χ4v) is 3.09. The van der Waals surface area contributed by atoms with Crippen molar-refractivity contribution >= 4 is 5.91 Å². The van der Waals surface area contributed by atoms with Gasteiger partial charge in [0.2, 0.25) is 0 Å². The molecule has 2 N–H and O–H groups in total. The van der Waals surface area contributed by atoms with Gasteiger partial charge in [0.25, 0.3) is 5.91 Å². The number of hydrogen-bond donors (Lipinski definition) is 1. The smallest absolute Gasteiger partial charge is 0.257 e. The summed E-state index contributed by atoms with van der Waals surface area (Å²) in [6.45, 7) is 0.946. The third-order valence-corrected chi connectivity index (χ3v) is 4.67. The monoisotopic (exact) mass is 410 g/mol. The second kappa shape index (κ2) is 10.5. The van der Waals surface area contributed by atoms with Gasteiger partial charge in [-0.15, -0.1) is 0 Å². The maximum atomic E-state index is 14.2. The summed E-state index contributed by atoms with van der Waals surface area (Å²) in [6, 6.07) is 20.5. The molecule has 156 valence electrons. The van der Waals surface area contributed by atoms with Crippen LogP contribution in [0.2, 0.25) is 0 Å². The van der Waals surface area contributed by atoms with Crippen molar-refractivity contribution in [3.05, 3.63) is 101 Å². The third kappa shape index (κ3) is 5.42. The van der Waals surface area contributed by atoms with E-state index in [9.17, 15) is 13.6 Å². The van der Waals surface area contributed by atoms with E-state index in [1.165, 1.54) is 17.0 Å². The first kappa shape index (κ1) is 21.5. The van der Waals surface area contributed by atoms with Gasteiger partial charge in [0, 0.05) is 18.7 Å². The molecule has 0 fully saturated rings. The molecule has 4 nitrogen and oxygen atoms in total. The number of amides is 1. The number of para-hydroxylation sites is 1. The van der Waals surface area contributed by atoms with Gasteiger partial charge >= 0.3 is 0 Å². The molecule has 0 aliphatic rings. The number of hydrogen-bond acceptors (Lipinski definition) is 3. The highest BCUT2D eigenvalue weighted by molar-refractivity contribution is 5.96. The summed E-state index contributed by atoms with van der Waals surface area (Å²) in [6.07, 6.45) is 0.537. The van der Waals surface area contributed by atoms with Gasteiger partial charge in [-0.05, 0) is 36.7 Å². The second-order valence-corrected chi connectivity index (χ2v) is 6.85. The molecule has 0 heterocycles. The number of carbonyl (C=O) groups excluding carboxylic acids is 1. The van der Waals surface area contributed by atoms with Gasteiger partial charge in [-0.1, -0.05) is 54.6 Å². The number of halogens is 2. The minimum Gasteiger partial charge on any atom is -0.488 e. The van der Waals surface area contributed by atoms with E-state index < -0.39 is 11.6 Å². The summed E-state index contributed by atoms with van der Waals surface area (Å²) in [5, 5.41) is 0. The van der Waals surface area contributed by atoms with Crippen LogP contribution >= 0.6 is 0 Å². The minimum atomic E-state index is -0.948. The van der Waals surface area contributed by atoms with Gasteiger partial charge in [-0.25, -0.2) is 8.78 Å². The number of nitrogens with zero attached hydrogens (tertiary/aromatic N) is 1. The maximum Gasteiger partial charge on any atom is 0.257 e. The molecule has 6 heteroatoms. The van der Waals surface area contributed by atoms with Crippen LogP contribution in [-0.4, -0.2) is 23.9 Å². The van der Waals surface area contributed by atoms with E-state index in [0.717, 1.165) is 11.6 Å². The zero-order chi connectivity index (χ0) is 21.3. The van der Waals surface area contributed by atoms with E-state index in [1.807, 2.05) is 30.3 Å². The van der Waals surface area contributed by atoms with Crippen molar-refractivity contribution < 1.29 is 18.3 Å². The quantitative estimate of drug-likeness (QED) is 0.564. The Bertz CT molecular complexity index is 980. The number of nitrogens with two attached hydrogens (primary N) is 1. The van der Waals surface area contributed by atoms with Crippen molar-refractivity contribution in [2.75, 3.05) is 13.1 Å². The molecular weight excluding hydrogens is 386 g/mol. The lowest BCUT2D eigenvalue weighted by Gasteiger charge is -2.24. The normalized spacial score (nSPS) is 10.6. The average molecular weight is 410 g/mol. The van der Waals surface area contributed by atoms with Crippen LogP contribution in [-0.2, 0) is 13.2 Å². The summed E-state index contributed by atoms with van der Waals surface area (Å²) in [4.78, 5) is 14.7. The molecule has 0 aliphatic heterocycles. The number of benzene rings is 3. The summed E-state index contributed by atoms with van der Waals surface area (Å²) in [5.74, 6) is -1.78. The van der Waals surface area contributed by atoms with Gasteiger partial charge in [-0.3, -0.25) is 4.79 Å². The standard InChI is InChI=1S/C24H24F2N2O2/c25-21-12-6-10-19(23(21)26)16-28(15-7-14-27)24(29)20-11-4-5-13-22(20)30-17-18-8-2-1-3-9-18/h1-6,8-13H,7,14-17,27H2. The molecule has 0 atom stereocenters. The Labute approximate surface area is 174 Å². The lowest BCUT2D eigenvalue weighted by atomic mass is 10.1. The van der Waals surface area contributed by atoms with Gasteiger partial charge in [-0.2, -0.15) is 0 Å². The molecule has 3 aromatic rings. The molecule has 1 amide bonds. The summed E-state index contributed by atoms with van der Waals surface area (Å²) < 4.78 is 33.7. The second-order valence-electron chi connectivity index (χ2n) is 6.85. The first-order valence-corrected chi connectivity index (χ1v) is 9.78. The van der Waals surface area contributed by atoms with Gasteiger partial charge in [0.15, 0.2) is 11.6 Å². The molecule has 0 saturated carbocycles. The molecular formula is C24H24F2N2O2. The van der Waals surface area contributed by atoms with Crippen LogP contribution in [0.5, 0.6) is 5.75 Å². The topological polar surface area (TPSA) is 55.6 Å². The molecule has 0 bridgehead atoms. The number of carbonyl (C=O) groups is 1. The predicted octanol–water partition coefficient (Wildman–Crippen LogP) is 4.54. The van der Waals surface area contributed by atoms with Crippen molar-refractivity contribution in [1.82, 2.24) is 4.90 Å². The van der Waals surface area contributed by atoms with Crippen LogP contribution in [0.15, 0.2) is 72.8 Å². The van der Waals surface area contributed by atoms with Crippen molar-refractivity contribution in [1.29, 1.82) is 0 Å². The zero-order valence-corrected chi connectivity index (χ0v) is 16.6. The van der Waals surface area contributed by atoms with Gasteiger partial charge < -0.3 is 15.4 Å². The molecule has 0 saturated heterocycles. The maximum absolute atomic E-state index is 14.2. The summed E-state index contributed by atoms with van der Waals surface area (Å²) in [5.41, 5.74) is 7.06. The highest BCUT2D eigenvalue weighted by Gasteiger charge is 2.21. The Morgan fingerprint density at radius 2 is 1.67 bits per heavy atom. The fourth-order valence-electron chi connectivity index (χ4n) is 3.09. The summed E-state index contributed by atoms with van der Waals surface area (Å²) >= 11 is 0. The Morgan fingerprint density at radius 3 is 2.43 bits per heavy atom. The molecule has 30 heavy (non-hydrogen) atoms. The number of ether oxygens (including phenoxy) is 1. The first-order valence-electron chi connectivity index (χ1n) is 9.78. The highest BCUT2D eigenvalue weighted by atomic mass is 19.2. The van der Waals surface area contributed by atoms with Crippen LogP contribution < -0.4 is 10.5 Å².